The quantitative estimate of drug-likeness (QED) is 0.589. The molecule has 0 fully saturated rings. The Hall–Kier alpha value is -1.56. The monoisotopic (exact) mass is 192 g/mol. The number of rotatable bonds is 0. The normalized spacial score (nSPS) is 29.6. The fourth-order valence-electron chi connectivity index (χ4n) is 3.36. The Bertz CT molecular complexity index is 543. The second-order valence-corrected chi connectivity index (χ2v) is 4.73. The van der Waals surface area contributed by atoms with Crippen LogP contribution in [0.25, 0.3) is 5.57 Å². The van der Waals surface area contributed by atoms with Crippen LogP contribution in [0.3, 0.4) is 0 Å². The van der Waals surface area contributed by atoms with E-state index in [1.165, 1.54) is 24.0 Å². The van der Waals surface area contributed by atoms with E-state index < -0.39 is 0 Å². The molecule has 3 aliphatic carbocycles. The van der Waals surface area contributed by atoms with Crippen molar-refractivity contribution in [1.29, 1.82) is 0 Å². The van der Waals surface area contributed by atoms with Gasteiger partial charge in [-0.1, -0.05) is 48.6 Å². The van der Waals surface area contributed by atoms with Gasteiger partial charge >= 0.3 is 0 Å². The van der Waals surface area contributed by atoms with Gasteiger partial charge in [0.05, 0.1) is 0 Å². The largest absolute Gasteiger partial charge is 0.0833 e. The highest BCUT2D eigenvalue weighted by molar-refractivity contribution is 5.85. The molecule has 4 rings (SSSR count). The van der Waals surface area contributed by atoms with Gasteiger partial charge in [0.1, 0.15) is 0 Å². The van der Waals surface area contributed by atoms with Crippen molar-refractivity contribution in [3.05, 3.63) is 65.3 Å². The summed E-state index contributed by atoms with van der Waals surface area (Å²) in [6, 6.07) is 8.90. The van der Waals surface area contributed by atoms with Crippen molar-refractivity contribution in [3.8, 4) is 0 Å². The molecule has 0 heterocycles. The summed E-state index contributed by atoms with van der Waals surface area (Å²) in [5.74, 6) is 0. The lowest BCUT2D eigenvalue weighted by Crippen LogP contribution is -2.24. The fourth-order valence-corrected chi connectivity index (χ4v) is 3.36. The summed E-state index contributed by atoms with van der Waals surface area (Å²) >= 11 is 0. The first-order valence-corrected chi connectivity index (χ1v) is 5.58. The Morgan fingerprint density at radius 3 is 3.07 bits per heavy atom. The first kappa shape index (κ1) is 7.70. The van der Waals surface area contributed by atoms with Crippen LogP contribution in [0, 0.1) is 0 Å². The van der Waals surface area contributed by atoms with Gasteiger partial charge in [0, 0.05) is 5.41 Å². The minimum atomic E-state index is 0.320. The maximum absolute atomic E-state index is 2.39. The number of fused-ring (bicyclic) bond motifs is 3. The average molecular weight is 192 g/mol. The standard InChI is InChI=1S/C15H12/c1-2-7-14-13(6-1)11-9-12-5-3-4-8-15(12,14)10-11/h1-7,9H,8,10H2. The van der Waals surface area contributed by atoms with Gasteiger partial charge in [-0.15, -0.1) is 0 Å². The molecule has 1 atom stereocenters. The van der Waals surface area contributed by atoms with Crippen LogP contribution in [-0.4, -0.2) is 0 Å². The van der Waals surface area contributed by atoms with E-state index in [0.29, 0.717) is 5.41 Å². The van der Waals surface area contributed by atoms with Crippen LogP contribution in [0.5, 0.6) is 0 Å². The molecule has 0 saturated carbocycles. The maximum atomic E-state index is 2.39. The Balaban J connectivity index is 2.08. The van der Waals surface area contributed by atoms with Crippen LogP contribution < -0.4 is 0 Å². The molecule has 0 radical (unpaired) electrons. The van der Waals surface area contributed by atoms with Crippen LogP contribution in [0.2, 0.25) is 0 Å². The molecule has 2 bridgehead atoms. The van der Waals surface area contributed by atoms with Gasteiger partial charge in [0.25, 0.3) is 0 Å². The van der Waals surface area contributed by atoms with Crippen molar-refractivity contribution >= 4 is 5.57 Å². The highest BCUT2D eigenvalue weighted by atomic mass is 14.5. The molecule has 1 spiro atoms. The lowest BCUT2D eigenvalue weighted by atomic mass is 9.72. The van der Waals surface area contributed by atoms with E-state index in [4.69, 9.17) is 0 Å². The smallest absolute Gasteiger partial charge is 0.0283 e. The topological polar surface area (TPSA) is 0 Å². The Morgan fingerprint density at radius 1 is 1.13 bits per heavy atom. The summed E-state index contributed by atoms with van der Waals surface area (Å²) in [6.45, 7) is 0. The van der Waals surface area contributed by atoms with E-state index in [1.807, 2.05) is 0 Å². The van der Waals surface area contributed by atoms with Gasteiger partial charge in [-0.05, 0) is 35.1 Å². The van der Waals surface area contributed by atoms with Crippen molar-refractivity contribution in [2.45, 2.75) is 18.3 Å². The zero-order valence-corrected chi connectivity index (χ0v) is 8.53. The highest BCUT2D eigenvalue weighted by Gasteiger charge is 2.47. The number of hydrogen-bond acceptors (Lipinski definition) is 0. The molecular weight excluding hydrogens is 180 g/mol. The number of hydrogen-bond donors (Lipinski definition) is 0. The third kappa shape index (κ3) is 0.753. The molecule has 1 unspecified atom stereocenters. The minimum Gasteiger partial charge on any atom is -0.0833 e. The van der Waals surface area contributed by atoms with Crippen molar-refractivity contribution < 1.29 is 0 Å². The molecule has 1 aromatic carbocycles. The molecule has 1 aromatic rings. The summed E-state index contributed by atoms with van der Waals surface area (Å²) in [5, 5.41) is 0. The second-order valence-electron chi connectivity index (χ2n) is 4.73. The molecule has 0 nitrogen and oxygen atoms in total. The Kier molecular flexibility index (Phi) is 1.19. The summed E-state index contributed by atoms with van der Waals surface area (Å²) in [4.78, 5) is 0. The molecule has 0 heteroatoms. The summed E-state index contributed by atoms with van der Waals surface area (Å²) in [6.07, 6.45) is 11.6. The predicted molar refractivity (Wildman–Crippen MR) is 62.6 cm³/mol. The lowest BCUT2D eigenvalue weighted by molar-refractivity contribution is 0.562. The zero-order valence-electron chi connectivity index (χ0n) is 8.53. The fraction of sp³-hybridized carbons (Fsp3) is 0.200. The predicted octanol–water partition coefficient (Wildman–Crippen LogP) is 3.61. The Morgan fingerprint density at radius 2 is 2.07 bits per heavy atom. The van der Waals surface area contributed by atoms with Gasteiger partial charge in [-0.2, -0.15) is 0 Å². The summed E-state index contributed by atoms with van der Waals surface area (Å²) in [7, 11) is 0. The van der Waals surface area contributed by atoms with Crippen LogP contribution in [-0.2, 0) is 5.41 Å². The van der Waals surface area contributed by atoms with E-state index in [-0.39, 0.29) is 0 Å². The van der Waals surface area contributed by atoms with E-state index in [2.05, 4.69) is 48.6 Å². The second kappa shape index (κ2) is 2.33. The first-order chi connectivity index (χ1) is 7.40. The van der Waals surface area contributed by atoms with Crippen LogP contribution in [0.1, 0.15) is 24.0 Å². The number of allylic oxidation sites excluding steroid dienone is 6. The molecule has 3 aliphatic rings. The molecule has 0 aliphatic heterocycles. The molecule has 0 amide bonds. The highest BCUT2D eigenvalue weighted by Crippen LogP contribution is 2.58. The molecule has 0 aromatic heterocycles. The summed E-state index contributed by atoms with van der Waals surface area (Å²) < 4.78 is 0. The van der Waals surface area contributed by atoms with Crippen molar-refractivity contribution in [3.63, 3.8) is 0 Å². The van der Waals surface area contributed by atoms with Gasteiger partial charge in [0.2, 0.25) is 0 Å². The molecule has 0 N–H and O–H groups in total. The van der Waals surface area contributed by atoms with Crippen LogP contribution in [0.4, 0.5) is 0 Å². The van der Waals surface area contributed by atoms with E-state index >= 15 is 0 Å². The lowest BCUT2D eigenvalue weighted by Gasteiger charge is -2.31. The van der Waals surface area contributed by atoms with E-state index in [9.17, 15) is 0 Å². The Labute approximate surface area is 89.6 Å². The minimum absolute atomic E-state index is 0.320. The third-order valence-electron chi connectivity index (χ3n) is 4.04. The van der Waals surface area contributed by atoms with Gasteiger partial charge in [-0.3, -0.25) is 0 Å². The molecule has 15 heavy (non-hydrogen) atoms. The van der Waals surface area contributed by atoms with E-state index in [1.54, 1.807) is 11.1 Å². The molecule has 0 saturated heterocycles. The maximum Gasteiger partial charge on any atom is 0.0283 e. The van der Waals surface area contributed by atoms with Crippen LogP contribution in [0.15, 0.2) is 54.1 Å². The van der Waals surface area contributed by atoms with Gasteiger partial charge in [-0.25, -0.2) is 0 Å². The van der Waals surface area contributed by atoms with Crippen molar-refractivity contribution in [2.24, 2.45) is 0 Å². The third-order valence-corrected chi connectivity index (χ3v) is 4.04. The summed E-state index contributed by atoms with van der Waals surface area (Å²) in [5.41, 5.74) is 6.43. The van der Waals surface area contributed by atoms with Gasteiger partial charge in [0.15, 0.2) is 0 Å². The zero-order chi connectivity index (χ0) is 9.88. The van der Waals surface area contributed by atoms with Crippen molar-refractivity contribution in [1.82, 2.24) is 0 Å². The van der Waals surface area contributed by atoms with Crippen LogP contribution >= 0.6 is 0 Å². The molecular formula is C15H12. The number of benzene rings is 1. The van der Waals surface area contributed by atoms with Gasteiger partial charge < -0.3 is 0 Å². The van der Waals surface area contributed by atoms with Crippen molar-refractivity contribution in [2.75, 3.05) is 0 Å². The molecule has 72 valence electrons. The van der Waals surface area contributed by atoms with E-state index in [0.717, 1.165) is 0 Å². The average Bonchev–Trinajstić information content (AvgIpc) is 2.82. The first-order valence-electron chi connectivity index (χ1n) is 5.58. The SMILES string of the molecule is C1=CCC23CC(=CC2=C1)c1ccccc13.